The molecular weight excluding hydrogens is 218 g/mol. The van der Waals surface area contributed by atoms with E-state index in [1.165, 1.54) is 25.7 Å². The van der Waals surface area contributed by atoms with Crippen molar-refractivity contribution in [3.63, 3.8) is 0 Å². The van der Waals surface area contributed by atoms with Gasteiger partial charge in [-0.1, -0.05) is 12.8 Å². The van der Waals surface area contributed by atoms with Gasteiger partial charge in [0, 0.05) is 18.9 Å². The van der Waals surface area contributed by atoms with Crippen LogP contribution in [0.5, 0.6) is 0 Å². The number of amides is 1. The van der Waals surface area contributed by atoms with Gasteiger partial charge in [-0.15, -0.1) is 10.2 Å². The first kappa shape index (κ1) is 10.7. The fourth-order valence-electron chi connectivity index (χ4n) is 2.69. The number of nitrogens with zero attached hydrogens (tertiary/aromatic N) is 2. The average molecular weight is 235 g/mol. The molecule has 1 aliphatic carbocycles. The minimum absolute atomic E-state index is 0.122. The molecule has 0 bridgehead atoms. The molecular formula is C12H17N3O2. The number of nitrogens with one attached hydrogen (secondary N) is 1. The summed E-state index contributed by atoms with van der Waals surface area (Å²) < 4.78 is 5.77. The number of piperidine rings is 1. The summed E-state index contributed by atoms with van der Waals surface area (Å²) in [5.41, 5.74) is 0. The van der Waals surface area contributed by atoms with Crippen LogP contribution in [0.1, 0.15) is 62.1 Å². The highest BCUT2D eigenvalue weighted by Gasteiger charge is 2.27. The number of carbonyl (C=O) groups excluding carboxylic acids is 1. The van der Waals surface area contributed by atoms with Crippen LogP contribution in [-0.2, 0) is 4.79 Å². The van der Waals surface area contributed by atoms with Gasteiger partial charge in [-0.2, -0.15) is 0 Å². The second kappa shape index (κ2) is 4.47. The molecule has 1 aromatic heterocycles. The van der Waals surface area contributed by atoms with Gasteiger partial charge in [0.05, 0.1) is 5.92 Å². The fourth-order valence-corrected chi connectivity index (χ4v) is 2.69. The predicted octanol–water partition coefficient (Wildman–Crippen LogP) is 1.72. The third kappa shape index (κ3) is 2.18. The zero-order valence-electron chi connectivity index (χ0n) is 9.82. The lowest BCUT2D eigenvalue weighted by molar-refractivity contribution is -0.122. The summed E-state index contributed by atoms with van der Waals surface area (Å²) in [7, 11) is 0. The summed E-state index contributed by atoms with van der Waals surface area (Å²) in [4.78, 5) is 11.1. The molecule has 0 radical (unpaired) electrons. The molecule has 2 aliphatic rings. The number of aromatic nitrogens is 2. The smallest absolute Gasteiger partial charge is 0.221 e. The molecule has 92 valence electrons. The van der Waals surface area contributed by atoms with Crippen LogP contribution in [0.4, 0.5) is 0 Å². The molecule has 17 heavy (non-hydrogen) atoms. The second-order valence-electron chi connectivity index (χ2n) is 5.00. The van der Waals surface area contributed by atoms with Gasteiger partial charge in [0.2, 0.25) is 17.7 Å². The maximum Gasteiger partial charge on any atom is 0.221 e. The van der Waals surface area contributed by atoms with E-state index in [9.17, 15) is 4.79 Å². The van der Waals surface area contributed by atoms with Crippen LogP contribution in [0.2, 0.25) is 0 Å². The third-order valence-electron chi connectivity index (χ3n) is 3.78. The largest absolute Gasteiger partial charge is 0.425 e. The topological polar surface area (TPSA) is 68.0 Å². The van der Waals surface area contributed by atoms with Crippen LogP contribution in [0.15, 0.2) is 4.42 Å². The molecule has 1 atom stereocenters. The monoisotopic (exact) mass is 235 g/mol. The van der Waals surface area contributed by atoms with Crippen molar-refractivity contribution in [2.24, 2.45) is 0 Å². The van der Waals surface area contributed by atoms with Gasteiger partial charge in [0.1, 0.15) is 0 Å². The van der Waals surface area contributed by atoms with Gasteiger partial charge >= 0.3 is 0 Å². The van der Waals surface area contributed by atoms with Gasteiger partial charge in [0.15, 0.2) is 0 Å². The van der Waals surface area contributed by atoms with E-state index >= 15 is 0 Å². The van der Waals surface area contributed by atoms with Crippen molar-refractivity contribution in [1.82, 2.24) is 15.5 Å². The number of hydrogen-bond acceptors (Lipinski definition) is 4. The standard InChI is InChI=1S/C12H17N3O2/c16-10-6-5-9(7-13-10)12-15-14-11(17-12)8-3-1-2-4-8/h8-9H,1-7H2,(H,13,16). The van der Waals surface area contributed by atoms with Gasteiger partial charge < -0.3 is 9.73 Å². The van der Waals surface area contributed by atoms with Gasteiger partial charge in [-0.05, 0) is 19.3 Å². The Morgan fingerprint density at radius 3 is 2.41 bits per heavy atom. The summed E-state index contributed by atoms with van der Waals surface area (Å²) in [6.45, 7) is 0.630. The first-order valence-electron chi connectivity index (χ1n) is 6.43. The van der Waals surface area contributed by atoms with Crippen LogP contribution in [0.3, 0.4) is 0 Å². The second-order valence-corrected chi connectivity index (χ2v) is 5.00. The Bertz CT molecular complexity index is 400. The first-order chi connectivity index (χ1) is 8.33. The highest BCUT2D eigenvalue weighted by Crippen LogP contribution is 2.34. The molecule has 2 heterocycles. The lowest BCUT2D eigenvalue weighted by Gasteiger charge is -2.18. The van der Waals surface area contributed by atoms with Crippen LogP contribution in [0, 0.1) is 0 Å². The molecule has 0 spiro atoms. The van der Waals surface area contributed by atoms with E-state index in [2.05, 4.69) is 15.5 Å². The Kier molecular flexibility index (Phi) is 2.82. The SMILES string of the molecule is O=C1CCC(c2nnc(C3CCCC3)o2)CN1. The predicted molar refractivity (Wildman–Crippen MR) is 60.5 cm³/mol. The zero-order valence-corrected chi connectivity index (χ0v) is 9.82. The lowest BCUT2D eigenvalue weighted by Crippen LogP contribution is -2.33. The van der Waals surface area contributed by atoms with Crippen molar-refractivity contribution in [3.05, 3.63) is 11.8 Å². The molecule has 5 nitrogen and oxygen atoms in total. The Hall–Kier alpha value is -1.39. The molecule has 2 fully saturated rings. The molecule has 1 N–H and O–H groups in total. The summed E-state index contributed by atoms with van der Waals surface area (Å²) >= 11 is 0. The fraction of sp³-hybridized carbons (Fsp3) is 0.750. The normalized spacial score (nSPS) is 26.1. The van der Waals surface area contributed by atoms with E-state index < -0.39 is 0 Å². The van der Waals surface area contributed by atoms with E-state index in [0.717, 1.165) is 12.3 Å². The molecule has 1 aromatic rings. The Morgan fingerprint density at radius 1 is 1.06 bits per heavy atom. The van der Waals surface area contributed by atoms with E-state index in [0.29, 0.717) is 24.8 Å². The molecule has 3 rings (SSSR count). The van der Waals surface area contributed by atoms with Crippen molar-refractivity contribution >= 4 is 5.91 Å². The third-order valence-corrected chi connectivity index (χ3v) is 3.78. The van der Waals surface area contributed by atoms with Crippen molar-refractivity contribution in [3.8, 4) is 0 Å². The van der Waals surface area contributed by atoms with Gasteiger partial charge in [-0.3, -0.25) is 4.79 Å². The molecule has 1 unspecified atom stereocenters. The van der Waals surface area contributed by atoms with Crippen LogP contribution >= 0.6 is 0 Å². The highest BCUT2D eigenvalue weighted by molar-refractivity contribution is 5.76. The summed E-state index contributed by atoms with van der Waals surface area (Å²) in [5, 5.41) is 11.1. The van der Waals surface area contributed by atoms with Crippen molar-refractivity contribution in [2.75, 3.05) is 6.54 Å². The summed E-state index contributed by atoms with van der Waals surface area (Å²) in [5.74, 6) is 2.29. The number of carbonyl (C=O) groups is 1. The number of rotatable bonds is 2. The van der Waals surface area contributed by atoms with Crippen molar-refractivity contribution < 1.29 is 9.21 Å². The lowest BCUT2D eigenvalue weighted by atomic mass is 9.99. The molecule has 1 saturated heterocycles. The van der Waals surface area contributed by atoms with E-state index in [-0.39, 0.29) is 11.8 Å². The van der Waals surface area contributed by atoms with E-state index in [4.69, 9.17) is 4.42 Å². The molecule has 1 aliphatic heterocycles. The average Bonchev–Trinajstić information content (AvgIpc) is 3.00. The minimum atomic E-state index is 0.122. The highest BCUT2D eigenvalue weighted by atomic mass is 16.4. The molecule has 0 aromatic carbocycles. The van der Waals surface area contributed by atoms with Gasteiger partial charge in [-0.25, -0.2) is 0 Å². The maximum absolute atomic E-state index is 11.1. The summed E-state index contributed by atoms with van der Waals surface area (Å²) in [6.07, 6.45) is 6.25. The minimum Gasteiger partial charge on any atom is -0.425 e. The molecule has 1 amide bonds. The zero-order chi connectivity index (χ0) is 11.7. The summed E-state index contributed by atoms with van der Waals surface area (Å²) in [6, 6.07) is 0. The maximum atomic E-state index is 11.1. The van der Waals surface area contributed by atoms with Crippen molar-refractivity contribution in [1.29, 1.82) is 0 Å². The van der Waals surface area contributed by atoms with Crippen LogP contribution < -0.4 is 5.32 Å². The Balaban J connectivity index is 1.69. The van der Waals surface area contributed by atoms with Crippen LogP contribution in [0.25, 0.3) is 0 Å². The number of hydrogen-bond donors (Lipinski definition) is 1. The van der Waals surface area contributed by atoms with E-state index in [1.807, 2.05) is 0 Å². The Morgan fingerprint density at radius 2 is 1.76 bits per heavy atom. The van der Waals surface area contributed by atoms with E-state index in [1.54, 1.807) is 0 Å². The molecule has 5 heteroatoms. The Labute approximate surface area is 100.0 Å². The molecule has 1 saturated carbocycles. The quantitative estimate of drug-likeness (QED) is 0.847. The van der Waals surface area contributed by atoms with Crippen molar-refractivity contribution in [2.45, 2.75) is 50.4 Å². The first-order valence-corrected chi connectivity index (χ1v) is 6.43. The van der Waals surface area contributed by atoms with Gasteiger partial charge in [0.25, 0.3) is 0 Å². The van der Waals surface area contributed by atoms with Crippen LogP contribution in [-0.4, -0.2) is 22.6 Å².